The first-order valence-corrected chi connectivity index (χ1v) is 3.80. The average molecular weight is 171 g/mol. The van der Waals surface area contributed by atoms with Gasteiger partial charge in [-0.15, -0.1) is 0 Å². The van der Waals surface area contributed by atoms with Crippen molar-refractivity contribution < 1.29 is 0 Å². The zero-order chi connectivity index (χ0) is 7.84. The van der Waals surface area contributed by atoms with Crippen LogP contribution >= 0.6 is 11.6 Å². The van der Waals surface area contributed by atoms with Crippen LogP contribution in [0, 0.1) is 0 Å². The first-order valence-electron chi connectivity index (χ1n) is 3.42. The number of anilines is 1. The maximum absolute atomic E-state index is 5.58. The van der Waals surface area contributed by atoms with Crippen molar-refractivity contribution in [3.05, 3.63) is 11.1 Å². The molecule has 1 aromatic heterocycles. The van der Waals surface area contributed by atoms with Crippen LogP contribution in [0.4, 0.5) is 5.95 Å². The lowest BCUT2D eigenvalue weighted by atomic mass is 10.4. The van der Waals surface area contributed by atoms with Crippen molar-refractivity contribution in [3.8, 4) is 0 Å². The molecule has 2 rings (SSSR count). The molecule has 0 atom stereocenters. The van der Waals surface area contributed by atoms with Crippen LogP contribution in [0.2, 0.25) is 5.28 Å². The molecule has 0 radical (unpaired) electrons. The fraction of sp³-hybridized carbons (Fsp3) is 0.500. The van der Waals surface area contributed by atoms with Gasteiger partial charge in [-0.3, -0.25) is 0 Å². The molecule has 11 heavy (non-hydrogen) atoms. The van der Waals surface area contributed by atoms with E-state index in [-0.39, 0.29) is 11.2 Å². The standard InChI is InChI=1S/C6H7ClN4/c7-5-9-4(3-1-2-3)10-6(8)11-5/h3H,1-2H2,(H2,8,9,10,11). The van der Waals surface area contributed by atoms with E-state index in [4.69, 9.17) is 17.3 Å². The lowest BCUT2D eigenvalue weighted by molar-refractivity contribution is 0.896. The molecule has 0 saturated heterocycles. The minimum Gasteiger partial charge on any atom is -0.368 e. The van der Waals surface area contributed by atoms with E-state index in [1.54, 1.807) is 0 Å². The maximum Gasteiger partial charge on any atom is 0.227 e. The quantitative estimate of drug-likeness (QED) is 0.683. The van der Waals surface area contributed by atoms with Crippen LogP contribution < -0.4 is 5.73 Å². The number of hydrogen-bond donors (Lipinski definition) is 1. The number of aromatic nitrogens is 3. The lowest BCUT2D eigenvalue weighted by Gasteiger charge is -1.96. The van der Waals surface area contributed by atoms with Crippen molar-refractivity contribution in [3.63, 3.8) is 0 Å². The van der Waals surface area contributed by atoms with E-state index in [1.165, 1.54) is 0 Å². The predicted octanol–water partition coefficient (Wildman–Crippen LogP) is 0.985. The Morgan fingerprint density at radius 2 is 2.00 bits per heavy atom. The summed E-state index contributed by atoms with van der Waals surface area (Å²) in [6, 6.07) is 0. The van der Waals surface area contributed by atoms with Gasteiger partial charge in [0.25, 0.3) is 0 Å². The normalized spacial score (nSPS) is 16.8. The molecule has 0 bridgehead atoms. The first-order chi connectivity index (χ1) is 5.25. The highest BCUT2D eigenvalue weighted by Gasteiger charge is 2.27. The van der Waals surface area contributed by atoms with Gasteiger partial charge in [-0.05, 0) is 24.4 Å². The Kier molecular flexibility index (Phi) is 1.42. The van der Waals surface area contributed by atoms with Gasteiger partial charge in [0.2, 0.25) is 11.2 Å². The molecule has 1 aliphatic rings. The molecule has 2 N–H and O–H groups in total. The highest BCUT2D eigenvalue weighted by Crippen LogP contribution is 2.38. The van der Waals surface area contributed by atoms with Crippen molar-refractivity contribution in [2.45, 2.75) is 18.8 Å². The summed E-state index contributed by atoms with van der Waals surface area (Å²) in [5.74, 6) is 1.42. The summed E-state index contributed by atoms with van der Waals surface area (Å²) in [5.41, 5.74) is 5.38. The van der Waals surface area contributed by atoms with Crippen molar-refractivity contribution in [1.82, 2.24) is 15.0 Å². The van der Waals surface area contributed by atoms with Crippen LogP contribution in [-0.4, -0.2) is 15.0 Å². The van der Waals surface area contributed by atoms with Crippen LogP contribution in [0.5, 0.6) is 0 Å². The molecule has 1 fully saturated rings. The fourth-order valence-electron chi connectivity index (χ4n) is 0.906. The van der Waals surface area contributed by atoms with Gasteiger partial charge in [0, 0.05) is 5.92 Å². The van der Waals surface area contributed by atoms with Crippen LogP contribution in [0.25, 0.3) is 0 Å². The third-order valence-corrected chi connectivity index (χ3v) is 1.75. The number of halogens is 1. The first kappa shape index (κ1) is 6.79. The summed E-state index contributed by atoms with van der Waals surface area (Å²) in [6.45, 7) is 0. The van der Waals surface area contributed by atoms with Crippen LogP contribution in [0.1, 0.15) is 24.6 Å². The zero-order valence-corrected chi connectivity index (χ0v) is 6.54. The van der Waals surface area contributed by atoms with Crippen LogP contribution in [-0.2, 0) is 0 Å². The van der Waals surface area contributed by atoms with Gasteiger partial charge in [0.15, 0.2) is 0 Å². The monoisotopic (exact) mass is 170 g/mol. The topological polar surface area (TPSA) is 64.7 Å². The number of hydrogen-bond acceptors (Lipinski definition) is 4. The molecule has 58 valence electrons. The van der Waals surface area contributed by atoms with Crippen molar-refractivity contribution >= 4 is 17.5 Å². The zero-order valence-electron chi connectivity index (χ0n) is 5.79. The molecule has 1 aliphatic carbocycles. The number of nitrogens with two attached hydrogens (primary N) is 1. The van der Waals surface area contributed by atoms with E-state index in [1.807, 2.05) is 0 Å². The highest BCUT2D eigenvalue weighted by molar-refractivity contribution is 6.28. The van der Waals surface area contributed by atoms with Gasteiger partial charge in [-0.25, -0.2) is 4.98 Å². The number of nitrogen functional groups attached to an aromatic ring is 1. The van der Waals surface area contributed by atoms with E-state index < -0.39 is 0 Å². The van der Waals surface area contributed by atoms with Crippen molar-refractivity contribution in [2.24, 2.45) is 0 Å². The molecule has 4 nitrogen and oxygen atoms in total. The fourth-order valence-corrected chi connectivity index (χ4v) is 1.08. The minimum atomic E-state index is 0.194. The predicted molar refractivity (Wildman–Crippen MR) is 41.2 cm³/mol. The Morgan fingerprint density at radius 1 is 1.27 bits per heavy atom. The molecule has 1 heterocycles. The maximum atomic E-state index is 5.58. The second-order valence-corrected chi connectivity index (χ2v) is 2.93. The van der Waals surface area contributed by atoms with E-state index in [9.17, 15) is 0 Å². The molecule has 5 heteroatoms. The molecule has 0 aliphatic heterocycles. The number of nitrogens with zero attached hydrogens (tertiary/aromatic N) is 3. The number of rotatable bonds is 1. The van der Waals surface area contributed by atoms with Gasteiger partial charge in [-0.2, -0.15) is 9.97 Å². The molecular weight excluding hydrogens is 164 g/mol. The second-order valence-electron chi connectivity index (χ2n) is 2.60. The third kappa shape index (κ3) is 1.40. The van der Waals surface area contributed by atoms with Crippen LogP contribution in [0.3, 0.4) is 0 Å². The van der Waals surface area contributed by atoms with Crippen LogP contribution in [0.15, 0.2) is 0 Å². The summed E-state index contributed by atoms with van der Waals surface area (Å²) < 4.78 is 0. The van der Waals surface area contributed by atoms with Crippen molar-refractivity contribution in [2.75, 3.05) is 5.73 Å². The molecular formula is C6H7ClN4. The summed E-state index contributed by atoms with van der Waals surface area (Å²) in [6.07, 6.45) is 2.28. The molecule has 1 aromatic rings. The van der Waals surface area contributed by atoms with Crippen molar-refractivity contribution in [1.29, 1.82) is 0 Å². The Labute approximate surface area is 68.8 Å². The minimum absolute atomic E-state index is 0.194. The SMILES string of the molecule is Nc1nc(Cl)nc(C2CC2)n1. The summed E-state index contributed by atoms with van der Waals surface area (Å²) in [5, 5.41) is 0.194. The molecule has 0 spiro atoms. The Bertz CT molecular complexity index is 264. The van der Waals surface area contributed by atoms with E-state index >= 15 is 0 Å². The molecule has 0 unspecified atom stereocenters. The van der Waals surface area contributed by atoms with E-state index in [0.29, 0.717) is 5.92 Å². The van der Waals surface area contributed by atoms with Gasteiger partial charge < -0.3 is 5.73 Å². The molecule has 1 saturated carbocycles. The van der Waals surface area contributed by atoms with E-state index in [0.717, 1.165) is 18.7 Å². The summed E-state index contributed by atoms with van der Waals surface area (Å²) in [4.78, 5) is 11.6. The third-order valence-electron chi connectivity index (χ3n) is 1.59. The Morgan fingerprint density at radius 3 is 2.55 bits per heavy atom. The van der Waals surface area contributed by atoms with Gasteiger partial charge in [0.1, 0.15) is 5.82 Å². The lowest BCUT2D eigenvalue weighted by Crippen LogP contribution is -2.01. The summed E-state index contributed by atoms with van der Waals surface area (Å²) in [7, 11) is 0. The summed E-state index contributed by atoms with van der Waals surface area (Å²) >= 11 is 5.58. The van der Waals surface area contributed by atoms with Gasteiger partial charge >= 0.3 is 0 Å². The largest absolute Gasteiger partial charge is 0.368 e. The Balaban J connectivity index is 2.39. The molecule has 0 aromatic carbocycles. The Hall–Kier alpha value is -0.900. The van der Waals surface area contributed by atoms with Gasteiger partial charge in [0.05, 0.1) is 0 Å². The smallest absolute Gasteiger partial charge is 0.227 e. The highest BCUT2D eigenvalue weighted by atomic mass is 35.5. The van der Waals surface area contributed by atoms with E-state index in [2.05, 4.69) is 15.0 Å². The average Bonchev–Trinajstić information content (AvgIpc) is 2.64. The molecule has 0 amide bonds. The van der Waals surface area contributed by atoms with Gasteiger partial charge in [-0.1, -0.05) is 0 Å². The second kappa shape index (κ2) is 2.30.